The lowest BCUT2D eigenvalue weighted by Crippen LogP contribution is -3.11. The van der Waals surface area contributed by atoms with Gasteiger partial charge in [-0.3, -0.25) is 9.59 Å². The number of methoxy groups -OCH3 is 1. The Balaban J connectivity index is 1.38. The van der Waals surface area contributed by atoms with E-state index in [4.69, 9.17) is 4.74 Å². The number of hydrogen-bond acceptors (Lipinski definition) is 4. The number of rotatable bonds is 7. The molecule has 2 heterocycles. The smallest absolute Gasteiger partial charge is 0.238 e. The quantitative estimate of drug-likeness (QED) is 0.634. The molecule has 0 aliphatic carbocycles. The first-order valence-electron chi connectivity index (χ1n) is 10.5. The molecule has 0 bridgehead atoms. The lowest BCUT2D eigenvalue weighted by atomic mass is 10.0. The van der Waals surface area contributed by atoms with Crippen LogP contribution in [0, 0.1) is 0 Å². The number of carbonyl (C=O) groups is 2. The summed E-state index contributed by atoms with van der Waals surface area (Å²) in [5.74, 6) is 0.642. The summed E-state index contributed by atoms with van der Waals surface area (Å²) in [6.45, 7) is 2.80. The van der Waals surface area contributed by atoms with Crippen LogP contribution in [0.2, 0.25) is 0 Å². The van der Waals surface area contributed by atoms with Gasteiger partial charge in [-0.1, -0.05) is 12.1 Å². The summed E-state index contributed by atoms with van der Waals surface area (Å²) in [5.41, 5.74) is 2.02. The highest BCUT2D eigenvalue weighted by Gasteiger charge is 2.31. The molecule has 3 N–H and O–H groups in total. The standard InChI is InChI=1S/C23H27N3O3S/c1-29-17-10-8-16(9-11-17)19(26-12-4-5-13-26)15-24-22(27)14-21-23(28)25-18-6-2-3-7-20(18)30-21/h2-3,6-11,19,21H,4-5,12-15H2,1H3,(H,24,27)(H,25,28)/p+1/t19-,21-/m0/s1. The molecule has 0 spiro atoms. The number of para-hydroxylation sites is 1. The largest absolute Gasteiger partial charge is 0.497 e. The number of thioether (sulfide) groups is 1. The van der Waals surface area contributed by atoms with Crippen molar-refractivity contribution < 1.29 is 19.2 Å². The summed E-state index contributed by atoms with van der Waals surface area (Å²) < 4.78 is 5.28. The lowest BCUT2D eigenvalue weighted by Gasteiger charge is -2.26. The normalized spacial score (nSPS) is 19.6. The van der Waals surface area contributed by atoms with Crippen LogP contribution in [-0.4, -0.2) is 43.8 Å². The van der Waals surface area contributed by atoms with E-state index < -0.39 is 5.25 Å². The maximum Gasteiger partial charge on any atom is 0.238 e. The van der Waals surface area contributed by atoms with Gasteiger partial charge in [-0.2, -0.15) is 0 Å². The van der Waals surface area contributed by atoms with Crippen molar-refractivity contribution >= 4 is 29.3 Å². The molecule has 2 aliphatic rings. The maximum atomic E-state index is 12.7. The minimum Gasteiger partial charge on any atom is -0.497 e. The second kappa shape index (κ2) is 9.53. The first-order chi connectivity index (χ1) is 14.6. The van der Waals surface area contributed by atoms with Crippen LogP contribution in [0.1, 0.15) is 30.9 Å². The summed E-state index contributed by atoms with van der Waals surface area (Å²) in [6.07, 6.45) is 2.61. The lowest BCUT2D eigenvalue weighted by molar-refractivity contribution is -0.918. The summed E-state index contributed by atoms with van der Waals surface area (Å²) in [5, 5.41) is 5.60. The van der Waals surface area contributed by atoms with E-state index in [1.165, 1.54) is 35.1 Å². The number of amides is 2. The van der Waals surface area contributed by atoms with Crippen molar-refractivity contribution in [1.82, 2.24) is 5.32 Å². The highest BCUT2D eigenvalue weighted by atomic mass is 32.2. The van der Waals surface area contributed by atoms with Gasteiger partial charge in [0, 0.05) is 29.7 Å². The SMILES string of the molecule is COc1ccc([C@H](CNC(=O)C[C@@H]2Sc3ccccc3NC2=O)[NH+]2CCCC2)cc1. The highest BCUT2D eigenvalue weighted by molar-refractivity contribution is 8.01. The van der Waals surface area contributed by atoms with Crippen molar-refractivity contribution in [3.8, 4) is 5.75 Å². The third-order valence-electron chi connectivity index (χ3n) is 5.84. The molecular weight excluding hydrogens is 398 g/mol. The molecule has 1 fully saturated rings. The Morgan fingerprint density at radius 1 is 1.20 bits per heavy atom. The first kappa shape index (κ1) is 20.8. The number of nitrogens with one attached hydrogen (secondary N) is 3. The van der Waals surface area contributed by atoms with Gasteiger partial charge in [0.15, 0.2) is 0 Å². The summed E-state index contributed by atoms with van der Waals surface area (Å²) in [4.78, 5) is 27.6. The molecule has 0 unspecified atom stereocenters. The fourth-order valence-electron chi connectivity index (χ4n) is 4.20. The van der Waals surface area contributed by atoms with Gasteiger partial charge in [0.1, 0.15) is 11.8 Å². The van der Waals surface area contributed by atoms with Crippen LogP contribution < -0.4 is 20.3 Å². The zero-order valence-electron chi connectivity index (χ0n) is 17.1. The molecule has 30 heavy (non-hydrogen) atoms. The third kappa shape index (κ3) is 4.79. The van der Waals surface area contributed by atoms with E-state index in [0.29, 0.717) is 6.54 Å². The Bertz CT molecular complexity index is 897. The molecule has 158 valence electrons. The fraction of sp³-hybridized carbons (Fsp3) is 0.391. The number of ether oxygens (including phenoxy) is 1. The highest BCUT2D eigenvalue weighted by Crippen LogP contribution is 2.36. The molecule has 0 aromatic heterocycles. The van der Waals surface area contributed by atoms with E-state index in [9.17, 15) is 9.59 Å². The molecule has 0 radical (unpaired) electrons. The first-order valence-corrected chi connectivity index (χ1v) is 11.3. The van der Waals surface area contributed by atoms with E-state index in [1.54, 1.807) is 7.11 Å². The Morgan fingerprint density at radius 2 is 1.93 bits per heavy atom. The molecule has 6 nitrogen and oxygen atoms in total. The van der Waals surface area contributed by atoms with Crippen molar-refractivity contribution in [1.29, 1.82) is 0 Å². The second-order valence-electron chi connectivity index (χ2n) is 7.79. The molecular formula is C23H28N3O3S+. The van der Waals surface area contributed by atoms with Crippen LogP contribution in [0.15, 0.2) is 53.4 Å². The summed E-state index contributed by atoms with van der Waals surface area (Å²) in [6, 6.07) is 16.0. The molecule has 2 aromatic carbocycles. The van der Waals surface area contributed by atoms with Gasteiger partial charge in [-0.05, 0) is 36.4 Å². The Morgan fingerprint density at radius 3 is 2.67 bits per heavy atom. The van der Waals surface area contributed by atoms with Crippen molar-refractivity contribution in [2.24, 2.45) is 0 Å². The van der Waals surface area contributed by atoms with Crippen LogP contribution in [0.3, 0.4) is 0 Å². The monoisotopic (exact) mass is 426 g/mol. The van der Waals surface area contributed by atoms with E-state index in [0.717, 1.165) is 29.4 Å². The van der Waals surface area contributed by atoms with Gasteiger partial charge in [0.05, 0.1) is 37.7 Å². The molecule has 2 aliphatic heterocycles. The van der Waals surface area contributed by atoms with Gasteiger partial charge >= 0.3 is 0 Å². The van der Waals surface area contributed by atoms with Crippen LogP contribution >= 0.6 is 11.8 Å². The van der Waals surface area contributed by atoms with Crippen LogP contribution in [-0.2, 0) is 9.59 Å². The fourth-order valence-corrected chi connectivity index (χ4v) is 5.31. The van der Waals surface area contributed by atoms with E-state index in [2.05, 4.69) is 22.8 Å². The number of fused-ring (bicyclic) bond motifs is 1. The van der Waals surface area contributed by atoms with Gasteiger partial charge in [-0.25, -0.2) is 0 Å². The minimum absolute atomic E-state index is 0.0841. The number of benzene rings is 2. The van der Waals surface area contributed by atoms with Crippen LogP contribution in [0.25, 0.3) is 0 Å². The molecule has 2 aromatic rings. The van der Waals surface area contributed by atoms with Gasteiger partial charge in [0.25, 0.3) is 0 Å². The summed E-state index contributed by atoms with van der Waals surface area (Å²) in [7, 11) is 1.66. The van der Waals surface area contributed by atoms with Crippen molar-refractivity contribution in [3.05, 3.63) is 54.1 Å². The molecule has 4 rings (SSSR count). The van der Waals surface area contributed by atoms with Crippen molar-refractivity contribution in [2.45, 2.75) is 35.4 Å². The Kier molecular flexibility index (Phi) is 6.59. The minimum atomic E-state index is -0.404. The molecule has 2 atom stereocenters. The molecule has 1 saturated heterocycles. The second-order valence-corrected chi connectivity index (χ2v) is 9.04. The van der Waals surface area contributed by atoms with Gasteiger partial charge in [-0.15, -0.1) is 11.8 Å². The van der Waals surface area contributed by atoms with E-state index >= 15 is 0 Å². The third-order valence-corrected chi connectivity index (χ3v) is 7.11. The zero-order valence-corrected chi connectivity index (χ0v) is 18.0. The number of anilines is 1. The van der Waals surface area contributed by atoms with Crippen LogP contribution in [0.4, 0.5) is 5.69 Å². The maximum absolute atomic E-state index is 12.7. The zero-order chi connectivity index (χ0) is 20.9. The van der Waals surface area contributed by atoms with E-state index in [-0.39, 0.29) is 24.3 Å². The number of carbonyl (C=O) groups excluding carboxylic acids is 2. The van der Waals surface area contributed by atoms with E-state index in [1.807, 2.05) is 36.4 Å². The Labute approximate surface area is 181 Å². The molecule has 0 saturated carbocycles. The topological polar surface area (TPSA) is 71.9 Å². The van der Waals surface area contributed by atoms with Crippen molar-refractivity contribution in [2.75, 3.05) is 32.1 Å². The van der Waals surface area contributed by atoms with Gasteiger partial charge < -0.3 is 20.3 Å². The predicted molar refractivity (Wildman–Crippen MR) is 118 cm³/mol. The summed E-state index contributed by atoms with van der Waals surface area (Å²) >= 11 is 1.46. The van der Waals surface area contributed by atoms with Gasteiger partial charge in [0.2, 0.25) is 11.8 Å². The number of hydrogen-bond donors (Lipinski definition) is 3. The average Bonchev–Trinajstić information content (AvgIpc) is 3.29. The molecule has 2 amide bonds. The van der Waals surface area contributed by atoms with Crippen LogP contribution in [0.5, 0.6) is 5.75 Å². The number of likely N-dealkylation sites (tertiary alicyclic amines) is 1. The Hall–Kier alpha value is -2.51. The van der Waals surface area contributed by atoms with Crippen molar-refractivity contribution in [3.63, 3.8) is 0 Å². The number of quaternary nitrogens is 1. The average molecular weight is 427 g/mol. The predicted octanol–water partition coefficient (Wildman–Crippen LogP) is 2.03. The molecule has 7 heteroatoms.